The fraction of sp³-hybridized carbons (Fsp3) is 0.600. The summed E-state index contributed by atoms with van der Waals surface area (Å²) < 4.78 is 4.03. The van der Waals surface area contributed by atoms with Crippen LogP contribution in [0.5, 0.6) is 0 Å². The van der Waals surface area contributed by atoms with Gasteiger partial charge in [-0.2, -0.15) is 10.2 Å². The summed E-state index contributed by atoms with van der Waals surface area (Å²) in [5, 5.41) is 12.4. The first-order valence-electron chi connectivity index (χ1n) is 7.43. The molecule has 1 atom stereocenters. The van der Waals surface area contributed by atoms with Gasteiger partial charge in [0.1, 0.15) is 0 Å². The Morgan fingerprint density at radius 2 is 2.15 bits per heavy atom. The van der Waals surface area contributed by atoms with E-state index in [4.69, 9.17) is 0 Å². The van der Waals surface area contributed by atoms with Crippen molar-refractivity contribution in [3.63, 3.8) is 0 Å². The van der Waals surface area contributed by atoms with Gasteiger partial charge < -0.3 is 5.32 Å². The molecule has 2 rings (SSSR count). The quantitative estimate of drug-likeness (QED) is 0.844. The summed E-state index contributed by atoms with van der Waals surface area (Å²) in [4.78, 5) is 0. The Hall–Kier alpha value is -1.62. The van der Waals surface area contributed by atoms with Crippen molar-refractivity contribution in [3.8, 4) is 0 Å². The van der Waals surface area contributed by atoms with Crippen molar-refractivity contribution in [3.05, 3.63) is 35.4 Å². The molecule has 1 N–H and O–H groups in total. The Balaban J connectivity index is 2.05. The molecule has 5 nitrogen and oxygen atoms in total. The van der Waals surface area contributed by atoms with Crippen LogP contribution in [-0.4, -0.2) is 26.1 Å². The van der Waals surface area contributed by atoms with Crippen LogP contribution in [0.15, 0.2) is 18.5 Å². The molecule has 0 aromatic carbocycles. The normalized spacial score (nSPS) is 12.8. The lowest BCUT2D eigenvalue weighted by molar-refractivity contribution is 0.564. The van der Waals surface area contributed by atoms with Crippen molar-refractivity contribution in [2.24, 2.45) is 0 Å². The summed E-state index contributed by atoms with van der Waals surface area (Å²) in [6, 6.07) is 2.48. The third-order valence-corrected chi connectivity index (χ3v) is 3.46. The molecule has 2 aromatic heterocycles. The molecule has 110 valence electrons. The van der Waals surface area contributed by atoms with Crippen LogP contribution in [0.3, 0.4) is 0 Å². The molecule has 0 fully saturated rings. The zero-order chi connectivity index (χ0) is 14.5. The SMILES string of the molecule is CCCNC(C)c1cnn(Cc2cc(C)nn2CC)c1. The monoisotopic (exact) mass is 275 g/mol. The highest BCUT2D eigenvalue weighted by molar-refractivity contribution is 5.13. The Bertz CT molecular complexity index is 540. The van der Waals surface area contributed by atoms with Gasteiger partial charge in [-0.05, 0) is 39.8 Å². The minimum absolute atomic E-state index is 0.349. The van der Waals surface area contributed by atoms with Crippen molar-refractivity contribution >= 4 is 0 Å². The first kappa shape index (κ1) is 14.8. The van der Waals surface area contributed by atoms with Crippen molar-refractivity contribution in [1.29, 1.82) is 0 Å². The molecule has 2 aromatic rings. The standard InChI is InChI=1S/C15H25N5/c1-5-7-16-13(4)14-9-17-19(10-14)11-15-8-12(3)18-20(15)6-2/h8-10,13,16H,5-7,11H2,1-4H3. The maximum Gasteiger partial charge on any atom is 0.0828 e. The van der Waals surface area contributed by atoms with Crippen molar-refractivity contribution in [2.75, 3.05) is 6.54 Å². The van der Waals surface area contributed by atoms with Crippen LogP contribution in [-0.2, 0) is 13.1 Å². The minimum Gasteiger partial charge on any atom is -0.310 e. The first-order valence-corrected chi connectivity index (χ1v) is 7.43. The van der Waals surface area contributed by atoms with Crippen molar-refractivity contribution in [2.45, 2.75) is 53.2 Å². The van der Waals surface area contributed by atoms with Crippen molar-refractivity contribution in [1.82, 2.24) is 24.9 Å². The number of aromatic nitrogens is 4. The highest BCUT2D eigenvalue weighted by atomic mass is 15.3. The Kier molecular flexibility index (Phi) is 4.95. The average molecular weight is 275 g/mol. The fourth-order valence-corrected chi connectivity index (χ4v) is 2.33. The molecule has 0 aliphatic carbocycles. The molecule has 0 radical (unpaired) electrons. The fourth-order valence-electron chi connectivity index (χ4n) is 2.33. The molecule has 0 spiro atoms. The highest BCUT2D eigenvalue weighted by Gasteiger charge is 2.09. The molecule has 20 heavy (non-hydrogen) atoms. The van der Waals surface area contributed by atoms with Gasteiger partial charge >= 0.3 is 0 Å². The third kappa shape index (κ3) is 3.48. The number of hydrogen-bond acceptors (Lipinski definition) is 3. The average Bonchev–Trinajstić information content (AvgIpc) is 3.03. The third-order valence-electron chi connectivity index (χ3n) is 3.46. The Morgan fingerprint density at radius 1 is 1.35 bits per heavy atom. The summed E-state index contributed by atoms with van der Waals surface area (Å²) in [5.74, 6) is 0. The molecule has 0 amide bonds. The van der Waals surface area contributed by atoms with Crippen LogP contribution >= 0.6 is 0 Å². The molecular formula is C15H25N5. The van der Waals surface area contributed by atoms with Crippen LogP contribution in [0.4, 0.5) is 0 Å². The summed E-state index contributed by atoms with van der Waals surface area (Å²) in [5.41, 5.74) is 3.50. The van der Waals surface area contributed by atoms with Crippen molar-refractivity contribution < 1.29 is 0 Å². The van der Waals surface area contributed by atoms with E-state index in [-0.39, 0.29) is 0 Å². The van der Waals surface area contributed by atoms with Gasteiger partial charge in [-0.3, -0.25) is 9.36 Å². The number of nitrogens with zero attached hydrogens (tertiary/aromatic N) is 4. The van der Waals surface area contributed by atoms with Gasteiger partial charge in [-0.15, -0.1) is 0 Å². The second kappa shape index (κ2) is 6.70. The van der Waals surface area contributed by atoms with Gasteiger partial charge in [-0.1, -0.05) is 6.92 Å². The number of aryl methyl sites for hydroxylation is 2. The largest absolute Gasteiger partial charge is 0.310 e. The van der Waals surface area contributed by atoms with Gasteiger partial charge in [0, 0.05) is 24.3 Å². The van der Waals surface area contributed by atoms with Gasteiger partial charge in [0.05, 0.1) is 24.1 Å². The lowest BCUT2D eigenvalue weighted by Crippen LogP contribution is -2.18. The van der Waals surface area contributed by atoms with E-state index in [1.54, 1.807) is 0 Å². The zero-order valence-electron chi connectivity index (χ0n) is 12.9. The van der Waals surface area contributed by atoms with E-state index >= 15 is 0 Å². The van der Waals surface area contributed by atoms with Gasteiger partial charge in [-0.25, -0.2) is 0 Å². The van der Waals surface area contributed by atoms with E-state index in [1.165, 1.54) is 11.3 Å². The van der Waals surface area contributed by atoms with Gasteiger partial charge in [0.25, 0.3) is 0 Å². The predicted molar refractivity (Wildman–Crippen MR) is 80.7 cm³/mol. The van der Waals surface area contributed by atoms with E-state index in [0.717, 1.165) is 31.7 Å². The number of rotatable bonds is 7. The molecule has 0 saturated carbocycles. The lowest BCUT2D eigenvalue weighted by Gasteiger charge is -2.10. The summed E-state index contributed by atoms with van der Waals surface area (Å²) in [6.45, 7) is 11.2. The van der Waals surface area contributed by atoms with E-state index in [2.05, 4.69) is 48.5 Å². The predicted octanol–water partition coefficient (Wildman–Crippen LogP) is 2.52. The smallest absolute Gasteiger partial charge is 0.0828 e. The topological polar surface area (TPSA) is 47.7 Å². The zero-order valence-corrected chi connectivity index (χ0v) is 12.9. The summed E-state index contributed by atoms with van der Waals surface area (Å²) >= 11 is 0. The molecule has 0 saturated heterocycles. The number of hydrogen-bond donors (Lipinski definition) is 1. The van der Waals surface area contributed by atoms with Crippen LogP contribution in [0.25, 0.3) is 0 Å². The molecule has 0 aliphatic heterocycles. The molecule has 0 bridgehead atoms. The molecule has 0 aliphatic rings. The van der Waals surface area contributed by atoms with E-state index in [1.807, 2.05) is 22.5 Å². The molecule has 5 heteroatoms. The van der Waals surface area contributed by atoms with Crippen LogP contribution in [0.1, 0.15) is 50.2 Å². The molecular weight excluding hydrogens is 250 g/mol. The second-order valence-corrected chi connectivity index (χ2v) is 5.24. The van der Waals surface area contributed by atoms with Gasteiger partial charge in [0.2, 0.25) is 0 Å². The molecule has 1 unspecified atom stereocenters. The van der Waals surface area contributed by atoms with Crippen LogP contribution < -0.4 is 5.32 Å². The van der Waals surface area contributed by atoms with E-state index in [0.29, 0.717) is 6.04 Å². The second-order valence-electron chi connectivity index (χ2n) is 5.24. The maximum absolute atomic E-state index is 4.47. The summed E-state index contributed by atoms with van der Waals surface area (Å²) in [7, 11) is 0. The van der Waals surface area contributed by atoms with E-state index < -0.39 is 0 Å². The Labute approximate surface area is 121 Å². The van der Waals surface area contributed by atoms with Crippen LogP contribution in [0, 0.1) is 6.92 Å². The highest BCUT2D eigenvalue weighted by Crippen LogP contribution is 2.12. The maximum atomic E-state index is 4.47. The first-order chi connectivity index (χ1) is 9.63. The van der Waals surface area contributed by atoms with Gasteiger partial charge in [0.15, 0.2) is 0 Å². The lowest BCUT2D eigenvalue weighted by atomic mass is 10.2. The van der Waals surface area contributed by atoms with E-state index in [9.17, 15) is 0 Å². The minimum atomic E-state index is 0.349. The van der Waals surface area contributed by atoms with Crippen LogP contribution in [0.2, 0.25) is 0 Å². The number of nitrogens with one attached hydrogen (secondary N) is 1. The Morgan fingerprint density at radius 3 is 2.85 bits per heavy atom. The summed E-state index contributed by atoms with van der Waals surface area (Å²) in [6.07, 6.45) is 5.22. The molecule has 2 heterocycles.